The molecule has 0 radical (unpaired) electrons. The Balaban J connectivity index is 0.991. The molecule has 0 saturated carbocycles. The molecule has 0 bridgehead atoms. The molecule has 8 heteroatoms. The summed E-state index contributed by atoms with van der Waals surface area (Å²) in [6, 6.07) is 59.5. The molecule has 2 aromatic heterocycles. The van der Waals surface area contributed by atoms with Crippen molar-refractivity contribution in [3.63, 3.8) is 0 Å². The molecule has 0 amide bonds. The minimum Gasteiger partial charge on any atom is -0.455 e. The molecule has 0 unspecified atom stereocenters. The number of furan rings is 2. The van der Waals surface area contributed by atoms with Gasteiger partial charge < -0.3 is 18.6 Å². The predicted octanol–water partition coefficient (Wildman–Crippen LogP) is 15.6. The Hall–Kier alpha value is -9.34. The van der Waals surface area contributed by atoms with Gasteiger partial charge in [0, 0.05) is 66.4 Å². The summed E-state index contributed by atoms with van der Waals surface area (Å²) < 4.78 is 13.4. The average Bonchev–Trinajstić information content (AvgIpc) is 3.89. The molecule has 2 heterocycles. The van der Waals surface area contributed by atoms with E-state index in [0.29, 0.717) is 22.5 Å². The summed E-state index contributed by atoms with van der Waals surface area (Å²) in [7, 11) is 0. The van der Waals surface area contributed by atoms with E-state index in [1.807, 2.05) is 72.8 Å². The van der Waals surface area contributed by atoms with Gasteiger partial charge in [0.05, 0.1) is 36.4 Å². The van der Waals surface area contributed by atoms with E-state index in [0.717, 1.165) is 99.5 Å². The highest BCUT2D eigenvalue weighted by Crippen LogP contribution is 2.44. The van der Waals surface area contributed by atoms with E-state index in [9.17, 15) is 10.5 Å². The van der Waals surface area contributed by atoms with Crippen LogP contribution in [0.1, 0.15) is 11.1 Å². The molecule has 11 rings (SSSR count). The first-order chi connectivity index (χ1) is 30.5. The summed E-state index contributed by atoms with van der Waals surface area (Å²) in [6.07, 6.45) is 0. The predicted molar refractivity (Wildman–Crippen MR) is 247 cm³/mol. The Morgan fingerprint density at radius 3 is 1.06 bits per heavy atom. The fourth-order valence-electron chi connectivity index (χ4n) is 8.49. The van der Waals surface area contributed by atoms with Crippen molar-refractivity contribution < 1.29 is 8.83 Å². The van der Waals surface area contributed by atoms with Gasteiger partial charge in [-0.2, -0.15) is 10.5 Å². The smallest absolute Gasteiger partial charge is 0.187 e. The van der Waals surface area contributed by atoms with Crippen LogP contribution in [0.3, 0.4) is 0 Å². The van der Waals surface area contributed by atoms with Gasteiger partial charge in [0.25, 0.3) is 0 Å². The van der Waals surface area contributed by atoms with Crippen LogP contribution in [0.4, 0.5) is 45.5 Å². The van der Waals surface area contributed by atoms with Crippen LogP contribution in [0.25, 0.3) is 75.1 Å². The molecule has 286 valence electrons. The number of nitrogens with zero attached hydrogens (tertiary/aromatic N) is 6. The fourth-order valence-corrected chi connectivity index (χ4v) is 8.49. The Morgan fingerprint density at radius 2 is 0.710 bits per heavy atom. The minimum atomic E-state index is 0.565. The second kappa shape index (κ2) is 14.2. The van der Waals surface area contributed by atoms with Crippen LogP contribution in [0.2, 0.25) is 0 Å². The van der Waals surface area contributed by atoms with Crippen molar-refractivity contribution in [2.45, 2.75) is 0 Å². The molecule has 0 saturated heterocycles. The summed E-state index contributed by atoms with van der Waals surface area (Å²) >= 11 is 0. The molecule has 0 atom stereocenters. The maximum Gasteiger partial charge on any atom is 0.187 e. The monoisotopic (exact) mass is 792 g/mol. The van der Waals surface area contributed by atoms with Crippen LogP contribution >= 0.6 is 0 Å². The maximum atomic E-state index is 9.43. The molecule has 0 N–H and O–H groups in total. The number of fused-ring (bicyclic) bond motifs is 10. The van der Waals surface area contributed by atoms with Crippen molar-refractivity contribution in [2.24, 2.45) is 0 Å². The normalized spacial score (nSPS) is 11.2. The van der Waals surface area contributed by atoms with E-state index in [1.54, 1.807) is 24.3 Å². The lowest BCUT2D eigenvalue weighted by atomic mass is 10.0. The third-order valence-electron chi connectivity index (χ3n) is 11.5. The standard InChI is InChI=1S/C54H28N6O2/c1-57-37-9-17-41(18-10-37)60(42-19-11-38(58-2)12-20-42)44-22-26-46-36(28-44)8-24-48-50-30-51-49(29-52(50)62-54(46)48)47-23-7-35-27-43(21-25-45(35)53(47)61-51)59(39-13-3-33(31-55)4-14-39)40-15-5-34(32-56)6-16-40/h3-30H. The van der Waals surface area contributed by atoms with Crippen molar-refractivity contribution in [1.82, 2.24) is 0 Å². The Morgan fingerprint density at radius 1 is 0.371 bits per heavy atom. The van der Waals surface area contributed by atoms with Crippen LogP contribution in [0.15, 0.2) is 179 Å². The number of hydrogen-bond donors (Lipinski definition) is 0. The Bertz CT molecular complexity index is 3410. The van der Waals surface area contributed by atoms with E-state index in [4.69, 9.17) is 22.0 Å². The van der Waals surface area contributed by atoms with Crippen LogP contribution in [-0.2, 0) is 0 Å². The van der Waals surface area contributed by atoms with Crippen LogP contribution in [-0.4, -0.2) is 0 Å². The zero-order chi connectivity index (χ0) is 41.9. The second-order valence-corrected chi connectivity index (χ2v) is 15.0. The fraction of sp³-hybridized carbons (Fsp3) is 0. The molecule has 9 aromatic carbocycles. The summed E-state index contributed by atoms with van der Waals surface area (Å²) in [6.45, 7) is 14.9. The van der Waals surface area contributed by atoms with Gasteiger partial charge in [-0.3, -0.25) is 0 Å². The number of benzene rings is 9. The summed E-state index contributed by atoms with van der Waals surface area (Å²) in [5, 5.41) is 26.7. The first-order valence-electron chi connectivity index (χ1n) is 19.7. The zero-order valence-electron chi connectivity index (χ0n) is 32.7. The molecule has 0 aliphatic carbocycles. The van der Waals surface area contributed by atoms with Gasteiger partial charge in [0.2, 0.25) is 0 Å². The Labute approximate surface area is 354 Å². The van der Waals surface area contributed by atoms with Gasteiger partial charge in [-0.1, -0.05) is 36.4 Å². The lowest BCUT2D eigenvalue weighted by Crippen LogP contribution is -2.09. The van der Waals surface area contributed by atoms with E-state index in [1.165, 1.54) is 0 Å². The number of rotatable bonds is 6. The number of nitriles is 2. The molecular weight excluding hydrogens is 765 g/mol. The van der Waals surface area contributed by atoms with E-state index < -0.39 is 0 Å². The van der Waals surface area contributed by atoms with Crippen LogP contribution < -0.4 is 9.80 Å². The number of anilines is 6. The third kappa shape index (κ3) is 5.81. The molecule has 11 aromatic rings. The van der Waals surface area contributed by atoms with Gasteiger partial charge in [0.15, 0.2) is 11.4 Å². The molecule has 0 spiro atoms. The maximum absolute atomic E-state index is 9.43. The lowest BCUT2D eigenvalue weighted by Gasteiger charge is -2.26. The van der Waals surface area contributed by atoms with E-state index >= 15 is 0 Å². The van der Waals surface area contributed by atoms with Crippen molar-refractivity contribution >= 4 is 111 Å². The highest BCUT2D eigenvalue weighted by molar-refractivity contribution is 6.21. The molecule has 0 aliphatic rings. The highest BCUT2D eigenvalue weighted by Gasteiger charge is 2.20. The molecular formula is C54H28N6O2. The summed E-state index contributed by atoms with van der Waals surface area (Å²) in [5.41, 5.74) is 10.8. The van der Waals surface area contributed by atoms with Gasteiger partial charge in [0.1, 0.15) is 22.3 Å². The van der Waals surface area contributed by atoms with Gasteiger partial charge in [-0.05, 0) is 144 Å². The molecule has 8 nitrogen and oxygen atoms in total. The van der Waals surface area contributed by atoms with Gasteiger partial charge >= 0.3 is 0 Å². The van der Waals surface area contributed by atoms with Crippen molar-refractivity contribution in [3.8, 4) is 12.1 Å². The van der Waals surface area contributed by atoms with E-state index in [2.05, 4.69) is 104 Å². The largest absolute Gasteiger partial charge is 0.455 e. The van der Waals surface area contributed by atoms with Crippen molar-refractivity contribution in [3.05, 3.63) is 204 Å². The zero-order valence-corrected chi connectivity index (χ0v) is 32.7. The molecule has 62 heavy (non-hydrogen) atoms. The topological polar surface area (TPSA) is 89.1 Å². The first kappa shape index (κ1) is 35.8. The molecule has 0 aliphatic heterocycles. The van der Waals surface area contributed by atoms with Crippen molar-refractivity contribution in [2.75, 3.05) is 9.80 Å². The first-order valence-corrected chi connectivity index (χ1v) is 19.7. The minimum absolute atomic E-state index is 0.565. The SMILES string of the molecule is [C-]#[N+]c1ccc(N(c2ccc([N+]#[C-])cc2)c2ccc3c(ccc4c5cc6oc7c8ccc(N(c9ccc(C#N)cc9)c9ccc(C#N)cc9)cc8ccc7c6cc5oc34)c2)cc1. The lowest BCUT2D eigenvalue weighted by molar-refractivity contribution is 0.667. The summed E-state index contributed by atoms with van der Waals surface area (Å²) in [5.74, 6) is 0. The Kier molecular flexibility index (Phi) is 8.19. The van der Waals surface area contributed by atoms with Crippen LogP contribution in [0.5, 0.6) is 0 Å². The van der Waals surface area contributed by atoms with E-state index in [-0.39, 0.29) is 0 Å². The molecule has 0 fully saturated rings. The van der Waals surface area contributed by atoms with Crippen molar-refractivity contribution in [1.29, 1.82) is 10.5 Å². The number of hydrogen-bond acceptors (Lipinski definition) is 6. The second-order valence-electron chi connectivity index (χ2n) is 15.0. The third-order valence-corrected chi connectivity index (χ3v) is 11.5. The highest BCUT2D eigenvalue weighted by atomic mass is 16.3. The summed E-state index contributed by atoms with van der Waals surface area (Å²) in [4.78, 5) is 11.4. The quantitative estimate of drug-likeness (QED) is 0.156. The average molecular weight is 793 g/mol. The van der Waals surface area contributed by atoms with Gasteiger partial charge in [-0.15, -0.1) is 0 Å². The van der Waals surface area contributed by atoms with Crippen LogP contribution in [0, 0.1) is 35.8 Å². The van der Waals surface area contributed by atoms with Gasteiger partial charge in [-0.25, -0.2) is 9.69 Å².